The number of piperidine rings is 1. The van der Waals surface area contributed by atoms with Gasteiger partial charge < -0.3 is 9.64 Å². The number of para-hydroxylation sites is 1. The number of likely N-dealkylation sites (tertiary alicyclic amines) is 1. The Hall–Kier alpha value is -2.57. The van der Waals surface area contributed by atoms with Crippen molar-refractivity contribution in [2.24, 2.45) is 7.05 Å². The van der Waals surface area contributed by atoms with E-state index in [2.05, 4.69) is 12.0 Å². The molecule has 0 N–H and O–H groups in total. The fourth-order valence-corrected chi connectivity index (χ4v) is 3.60. The monoisotopic (exact) mass is 344 g/mol. The number of hydrogen-bond acceptors (Lipinski definition) is 4. The number of aromatic nitrogens is 3. The molecular weight excluding hydrogens is 320 g/mol. The fraction of sp³-hybridized carbons (Fsp3) is 0.500. The van der Waals surface area contributed by atoms with E-state index < -0.39 is 0 Å². The molecule has 0 radical (unpaired) electrons. The molecule has 1 aromatic heterocycles. The molecule has 2 aromatic rings. The van der Waals surface area contributed by atoms with Crippen molar-refractivity contribution in [2.75, 3.05) is 7.11 Å². The van der Waals surface area contributed by atoms with E-state index in [0.717, 1.165) is 30.6 Å². The summed E-state index contributed by atoms with van der Waals surface area (Å²) in [7, 11) is 3.27. The van der Waals surface area contributed by atoms with E-state index in [-0.39, 0.29) is 30.2 Å². The van der Waals surface area contributed by atoms with Gasteiger partial charge in [0.05, 0.1) is 13.2 Å². The number of aryl methyl sites for hydroxylation is 1. The Kier molecular flexibility index (Phi) is 4.92. The molecule has 1 aliphatic heterocycles. The molecule has 7 nitrogen and oxygen atoms in total. The van der Waals surface area contributed by atoms with E-state index in [1.807, 2.05) is 29.2 Å². The van der Waals surface area contributed by atoms with Crippen molar-refractivity contribution in [3.8, 4) is 5.75 Å². The number of carbonyl (C=O) groups excluding carboxylic acids is 1. The Labute approximate surface area is 146 Å². The van der Waals surface area contributed by atoms with Crippen LogP contribution < -0.4 is 10.4 Å². The molecule has 7 heteroatoms. The first kappa shape index (κ1) is 17.3. The van der Waals surface area contributed by atoms with Gasteiger partial charge in [-0.25, -0.2) is 9.48 Å². The van der Waals surface area contributed by atoms with Crippen molar-refractivity contribution in [1.82, 2.24) is 19.2 Å². The summed E-state index contributed by atoms with van der Waals surface area (Å²) >= 11 is 0. The first-order chi connectivity index (χ1) is 12.0. The van der Waals surface area contributed by atoms with Gasteiger partial charge in [-0.05, 0) is 32.3 Å². The molecule has 25 heavy (non-hydrogen) atoms. The minimum atomic E-state index is -0.285. The first-order valence-electron chi connectivity index (χ1n) is 8.55. The van der Waals surface area contributed by atoms with Gasteiger partial charge in [0, 0.05) is 18.7 Å². The lowest BCUT2D eigenvalue weighted by Crippen LogP contribution is -2.46. The Morgan fingerprint density at radius 1 is 1.32 bits per heavy atom. The highest BCUT2D eigenvalue weighted by Gasteiger charge is 2.34. The topological polar surface area (TPSA) is 69.4 Å². The second-order valence-electron chi connectivity index (χ2n) is 6.52. The van der Waals surface area contributed by atoms with Crippen molar-refractivity contribution in [3.63, 3.8) is 0 Å². The quantitative estimate of drug-likeness (QED) is 0.847. The Morgan fingerprint density at radius 3 is 2.76 bits per heavy atom. The van der Waals surface area contributed by atoms with Crippen molar-refractivity contribution in [2.45, 2.75) is 44.8 Å². The molecule has 1 aromatic carbocycles. The standard InChI is InChI=1S/C18H24N4O3/c1-13-7-6-9-15(14-8-4-5-10-16(14)25-3)22(13)17(23)11-21-18(24)20(2)12-19-21/h4-5,8,10,12-13,15H,6-7,9,11H2,1-3H3/t13-,15-/m1/s1. The molecule has 3 rings (SSSR count). The van der Waals surface area contributed by atoms with Crippen LogP contribution in [0.2, 0.25) is 0 Å². The van der Waals surface area contributed by atoms with Gasteiger partial charge in [-0.2, -0.15) is 5.10 Å². The largest absolute Gasteiger partial charge is 0.496 e. The molecule has 1 amide bonds. The van der Waals surface area contributed by atoms with E-state index >= 15 is 0 Å². The number of carbonyl (C=O) groups is 1. The average molecular weight is 344 g/mol. The van der Waals surface area contributed by atoms with Gasteiger partial charge >= 0.3 is 5.69 Å². The fourth-order valence-electron chi connectivity index (χ4n) is 3.60. The number of amides is 1. The molecule has 0 spiro atoms. The van der Waals surface area contributed by atoms with Crippen LogP contribution in [0.4, 0.5) is 0 Å². The summed E-state index contributed by atoms with van der Waals surface area (Å²) in [6.45, 7) is 2.01. The highest BCUT2D eigenvalue weighted by Crippen LogP contribution is 2.38. The number of hydrogen-bond donors (Lipinski definition) is 0. The highest BCUT2D eigenvalue weighted by molar-refractivity contribution is 5.77. The lowest BCUT2D eigenvalue weighted by molar-refractivity contribution is -0.139. The van der Waals surface area contributed by atoms with Gasteiger partial charge in [-0.15, -0.1) is 0 Å². The van der Waals surface area contributed by atoms with Gasteiger partial charge in [-0.1, -0.05) is 18.2 Å². The summed E-state index contributed by atoms with van der Waals surface area (Å²) in [5.74, 6) is 0.693. The summed E-state index contributed by atoms with van der Waals surface area (Å²) in [4.78, 5) is 26.9. The van der Waals surface area contributed by atoms with Crippen LogP contribution in [-0.2, 0) is 18.4 Å². The van der Waals surface area contributed by atoms with Crippen LogP contribution in [0.15, 0.2) is 35.4 Å². The lowest BCUT2D eigenvalue weighted by Gasteiger charge is -2.41. The summed E-state index contributed by atoms with van der Waals surface area (Å²) in [6, 6.07) is 7.87. The third kappa shape index (κ3) is 3.31. The van der Waals surface area contributed by atoms with Crippen LogP contribution in [0, 0.1) is 0 Å². The molecule has 2 atom stereocenters. The van der Waals surface area contributed by atoms with E-state index in [1.165, 1.54) is 15.6 Å². The Morgan fingerprint density at radius 2 is 2.08 bits per heavy atom. The van der Waals surface area contributed by atoms with E-state index in [4.69, 9.17) is 4.74 Å². The minimum absolute atomic E-state index is 0.0460. The third-order valence-corrected chi connectivity index (χ3v) is 4.87. The zero-order valence-corrected chi connectivity index (χ0v) is 14.9. The van der Waals surface area contributed by atoms with E-state index in [0.29, 0.717) is 0 Å². The lowest BCUT2D eigenvalue weighted by atomic mass is 9.90. The molecule has 1 saturated heterocycles. The molecule has 134 valence electrons. The Bertz CT molecular complexity index is 811. The highest BCUT2D eigenvalue weighted by atomic mass is 16.5. The number of rotatable bonds is 4. The van der Waals surface area contributed by atoms with Crippen LogP contribution in [0.25, 0.3) is 0 Å². The second kappa shape index (κ2) is 7.13. The van der Waals surface area contributed by atoms with Crippen molar-refractivity contribution in [1.29, 1.82) is 0 Å². The zero-order valence-electron chi connectivity index (χ0n) is 14.9. The summed E-state index contributed by atoms with van der Waals surface area (Å²) in [6.07, 6.45) is 4.31. The molecular formula is C18H24N4O3. The summed E-state index contributed by atoms with van der Waals surface area (Å²) in [5, 5.41) is 4.00. The maximum Gasteiger partial charge on any atom is 0.345 e. The van der Waals surface area contributed by atoms with Crippen LogP contribution in [-0.4, -0.2) is 38.3 Å². The van der Waals surface area contributed by atoms with Gasteiger partial charge in [0.25, 0.3) is 0 Å². The normalized spacial score (nSPS) is 20.5. The number of methoxy groups -OCH3 is 1. The third-order valence-electron chi connectivity index (χ3n) is 4.87. The molecule has 0 bridgehead atoms. The molecule has 0 aliphatic carbocycles. The van der Waals surface area contributed by atoms with Gasteiger partial charge in [0.1, 0.15) is 18.6 Å². The predicted octanol–water partition coefficient (Wildman–Crippen LogP) is 1.73. The summed E-state index contributed by atoms with van der Waals surface area (Å²) < 4.78 is 8.07. The zero-order chi connectivity index (χ0) is 18.0. The van der Waals surface area contributed by atoms with Crippen molar-refractivity contribution >= 4 is 5.91 Å². The molecule has 2 heterocycles. The molecule has 0 unspecified atom stereocenters. The average Bonchev–Trinajstić information content (AvgIpc) is 2.93. The van der Waals surface area contributed by atoms with Gasteiger partial charge in [-0.3, -0.25) is 9.36 Å². The second-order valence-corrected chi connectivity index (χ2v) is 6.52. The van der Waals surface area contributed by atoms with Gasteiger partial charge in [0.2, 0.25) is 5.91 Å². The number of nitrogens with zero attached hydrogens (tertiary/aromatic N) is 4. The maximum absolute atomic E-state index is 13.0. The summed E-state index contributed by atoms with van der Waals surface area (Å²) in [5.41, 5.74) is 0.727. The van der Waals surface area contributed by atoms with Crippen LogP contribution >= 0.6 is 0 Å². The predicted molar refractivity (Wildman–Crippen MR) is 93.4 cm³/mol. The molecule has 0 saturated carbocycles. The van der Waals surface area contributed by atoms with Crippen LogP contribution in [0.5, 0.6) is 5.75 Å². The van der Waals surface area contributed by atoms with Crippen molar-refractivity contribution < 1.29 is 9.53 Å². The Balaban J connectivity index is 1.91. The number of ether oxygens (including phenoxy) is 1. The van der Waals surface area contributed by atoms with Crippen molar-refractivity contribution in [3.05, 3.63) is 46.6 Å². The molecule has 1 aliphatic rings. The number of benzene rings is 1. The SMILES string of the molecule is COc1ccccc1[C@H]1CCC[C@@H](C)N1C(=O)Cn1ncn(C)c1=O. The van der Waals surface area contributed by atoms with E-state index in [1.54, 1.807) is 14.2 Å². The minimum Gasteiger partial charge on any atom is -0.496 e. The smallest absolute Gasteiger partial charge is 0.345 e. The maximum atomic E-state index is 13.0. The van der Waals surface area contributed by atoms with Crippen LogP contribution in [0.3, 0.4) is 0 Å². The van der Waals surface area contributed by atoms with Gasteiger partial charge in [0.15, 0.2) is 0 Å². The van der Waals surface area contributed by atoms with E-state index in [9.17, 15) is 9.59 Å². The first-order valence-corrected chi connectivity index (χ1v) is 8.55. The molecule has 1 fully saturated rings. The van der Waals surface area contributed by atoms with Crippen LogP contribution in [0.1, 0.15) is 37.8 Å².